The van der Waals surface area contributed by atoms with E-state index in [2.05, 4.69) is 34.3 Å². The molecule has 0 aliphatic carbocycles. The maximum Gasteiger partial charge on any atom is 0.337 e. The van der Waals surface area contributed by atoms with Gasteiger partial charge in [-0.05, 0) is 41.9 Å². The lowest BCUT2D eigenvalue weighted by Gasteiger charge is -2.09. The zero-order valence-corrected chi connectivity index (χ0v) is 11.6. The molecule has 2 rings (SSSR count). The molecular formula is C13H14BrNO2. The molecule has 2 aromatic rings. The first-order valence-corrected chi connectivity index (χ1v) is 6.22. The summed E-state index contributed by atoms with van der Waals surface area (Å²) in [6.45, 7) is 4.22. The molecule has 0 unspecified atom stereocenters. The third-order valence-corrected chi connectivity index (χ3v) is 3.39. The molecule has 1 heterocycles. The zero-order valence-electron chi connectivity index (χ0n) is 10.0. The van der Waals surface area contributed by atoms with E-state index >= 15 is 0 Å². The highest BCUT2D eigenvalue weighted by Gasteiger charge is 2.12. The van der Waals surface area contributed by atoms with Crippen molar-refractivity contribution < 1.29 is 9.53 Å². The van der Waals surface area contributed by atoms with Gasteiger partial charge in [-0.2, -0.15) is 0 Å². The number of ether oxygens (including phenoxy) is 1. The van der Waals surface area contributed by atoms with E-state index in [1.807, 2.05) is 18.3 Å². The Labute approximate surface area is 108 Å². The summed E-state index contributed by atoms with van der Waals surface area (Å²) in [6, 6.07) is 5.93. The Kier molecular flexibility index (Phi) is 3.24. The molecule has 0 fully saturated rings. The third kappa shape index (κ3) is 2.09. The molecule has 90 valence electrons. The van der Waals surface area contributed by atoms with Gasteiger partial charge >= 0.3 is 5.97 Å². The number of fused-ring (bicyclic) bond motifs is 1. The highest BCUT2D eigenvalue weighted by Crippen LogP contribution is 2.29. The molecule has 1 aromatic heterocycles. The quantitative estimate of drug-likeness (QED) is 0.790. The van der Waals surface area contributed by atoms with Gasteiger partial charge in [0.25, 0.3) is 0 Å². The van der Waals surface area contributed by atoms with Crippen molar-refractivity contribution in [3.63, 3.8) is 0 Å². The van der Waals surface area contributed by atoms with Crippen LogP contribution < -0.4 is 0 Å². The van der Waals surface area contributed by atoms with Crippen LogP contribution in [0.2, 0.25) is 0 Å². The number of aromatic nitrogens is 1. The summed E-state index contributed by atoms with van der Waals surface area (Å²) in [5.41, 5.74) is 1.61. The van der Waals surface area contributed by atoms with Crippen LogP contribution >= 0.6 is 15.9 Å². The van der Waals surface area contributed by atoms with Gasteiger partial charge in [0.2, 0.25) is 0 Å². The van der Waals surface area contributed by atoms with Crippen molar-refractivity contribution in [2.75, 3.05) is 7.11 Å². The number of hydrogen-bond acceptors (Lipinski definition) is 2. The Morgan fingerprint density at radius 1 is 1.41 bits per heavy atom. The highest BCUT2D eigenvalue weighted by atomic mass is 79.9. The van der Waals surface area contributed by atoms with Gasteiger partial charge in [0, 0.05) is 22.1 Å². The molecule has 3 nitrogen and oxygen atoms in total. The van der Waals surface area contributed by atoms with Crippen molar-refractivity contribution in [1.29, 1.82) is 0 Å². The van der Waals surface area contributed by atoms with Crippen molar-refractivity contribution in [2.24, 2.45) is 0 Å². The molecule has 1 aromatic carbocycles. The number of halogens is 1. The lowest BCUT2D eigenvalue weighted by molar-refractivity contribution is 0.0601. The number of nitrogens with zero attached hydrogens (tertiary/aromatic N) is 1. The fourth-order valence-corrected chi connectivity index (χ4v) is 2.44. The van der Waals surface area contributed by atoms with Gasteiger partial charge in [0.05, 0.1) is 18.2 Å². The van der Waals surface area contributed by atoms with E-state index < -0.39 is 0 Å². The molecule has 0 radical (unpaired) electrons. The monoisotopic (exact) mass is 295 g/mol. The minimum Gasteiger partial charge on any atom is -0.465 e. The molecule has 0 aliphatic heterocycles. The van der Waals surface area contributed by atoms with Crippen LogP contribution in [0.5, 0.6) is 0 Å². The summed E-state index contributed by atoms with van der Waals surface area (Å²) in [5.74, 6) is -0.306. The van der Waals surface area contributed by atoms with Gasteiger partial charge in [0.15, 0.2) is 0 Å². The van der Waals surface area contributed by atoms with E-state index in [1.54, 1.807) is 6.07 Å². The van der Waals surface area contributed by atoms with Gasteiger partial charge in [-0.25, -0.2) is 4.79 Å². The number of carbonyl (C=O) groups excluding carboxylic acids is 1. The van der Waals surface area contributed by atoms with Gasteiger partial charge in [-0.15, -0.1) is 0 Å². The molecule has 0 saturated heterocycles. The molecule has 0 atom stereocenters. The van der Waals surface area contributed by atoms with E-state index in [4.69, 9.17) is 4.74 Å². The van der Waals surface area contributed by atoms with E-state index in [0.29, 0.717) is 11.6 Å². The summed E-state index contributed by atoms with van der Waals surface area (Å²) >= 11 is 3.53. The number of esters is 1. The molecule has 0 N–H and O–H groups in total. The largest absolute Gasteiger partial charge is 0.465 e. The standard InChI is InChI=1S/C13H14BrNO2/c1-8(2)15-7-11(14)10-5-4-9(6-12(10)15)13(16)17-3/h4-8H,1-3H3. The van der Waals surface area contributed by atoms with Crippen molar-refractivity contribution in [3.8, 4) is 0 Å². The second-order valence-corrected chi connectivity index (χ2v) is 5.06. The normalized spacial score (nSPS) is 11.1. The number of rotatable bonds is 2. The predicted octanol–water partition coefficient (Wildman–Crippen LogP) is 3.77. The summed E-state index contributed by atoms with van der Waals surface area (Å²) in [5, 5.41) is 1.10. The molecule has 0 saturated carbocycles. The predicted molar refractivity (Wildman–Crippen MR) is 71.4 cm³/mol. The summed E-state index contributed by atoms with van der Waals surface area (Å²) in [7, 11) is 1.39. The topological polar surface area (TPSA) is 31.2 Å². The number of methoxy groups -OCH3 is 1. The minimum absolute atomic E-state index is 0.306. The third-order valence-electron chi connectivity index (χ3n) is 2.76. The molecule has 0 aliphatic rings. The lowest BCUT2D eigenvalue weighted by Crippen LogP contribution is -2.02. The van der Waals surface area contributed by atoms with Gasteiger partial charge < -0.3 is 9.30 Å². The average Bonchev–Trinajstić information content (AvgIpc) is 2.65. The van der Waals surface area contributed by atoms with E-state index in [1.165, 1.54) is 7.11 Å². The Morgan fingerprint density at radius 2 is 2.12 bits per heavy atom. The van der Waals surface area contributed by atoms with Crippen molar-refractivity contribution in [1.82, 2.24) is 4.57 Å². The number of benzene rings is 1. The fourth-order valence-electron chi connectivity index (χ4n) is 1.88. The van der Waals surface area contributed by atoms with Crippen LogP contribution in [0.25, 0.3) is 10.9 Å². The highest BCUT2D eigenvalue weighted by molar-refractivity contribution is 9.10. The lowest BCUT2D eigenvalue weighted by atomic mass is 10.1. The van der Waals surface area contributed by atoms with E-state index in [9.17, 15) is 4.79 Å². The van der Waals surface area contributed by atoms with Crippen molar-refractivity contribution >= 4 is 32.8 Å². The van der Waals surface area contributed by atoms with Crippen molar-refractivity contribution in [2.45, 2.75) is 19.9 Å². The molecule has 0 amide bonds. The molecule has 4 heteroatoms. The second kappa shape index (κ2) is 4.53. The maximum atomic E-state index is 11.5. The molecule has 0 bridgehead atoms. The first-order chi connectivity index (χ1) is 8.04. The van der Waals surface area contributed by atoms with Crippen molar-refractivity contribution in [3.05, 3.63) is 34.4 Å². The average molecular weight is 296 g/mol. The molecule has 0 spiro atoms. The van der Waals surface area contributed by atoms with Crippen LogP contribution in [0, 0.1) is 0 Å². The van der Waals surface area contributed by atoms with Gasteiger partial charge in [-0.1, -0.05) is 6.07 Å². The van der Waals surface area contributed by atoms with Crippen LogP contribution in [0.1, 0.15) is 30.2 Å². The SMILES string of the molecule is COC(=O)c1ccc2c(Br)cn(C(C)C)c2c1. The maximum absolute atomic E-state index is 11.5. The Hall–Kier alpha value is -1.29. The van der Waals surface area contributed by atoms with Gasteiger partial charge in [-0.3, -0.25) is 0 Å². The fraction of sp³-hybridized carbons (Fsp3) is 0.308. The second-order valence-electron chi connectivity index (χ2n) is 4.20. The van der Waals surface area contributed by atoms with Crippen LogP contribution in [0.4, 0.5) is 0 Å². The zero-order chi connectivity index (χ0) is 12.6. The first-order valence-electron chi connectivity index (χ1n) is 5.43. The van der Waals surface area contributed by atoms with Crippen LogP contribution in [0.3, 0.4) is 0 Å². The van der Waals surface area contributed by atoms with Crippen LogP contribution in [-0.4, -0.2) is 17.6 Å². The Bertz CT molecular complexity index is 572. The summed E-state index contributed by atoms with van der Waals surface area (Å²) in [4.78, 5) is 11.5. The summed E-state index contributed by atoms with van der Waals surface area (Å²) < 4.78 is 7.90. The summed E-state index contributed by atoms with van der Waals surface area (Å²) in [6.07, 6.45) is 2.04. The van der Waals surface area contributed by atoms with Gasteiger partial charge in [0.1, 0.15) is 0 Å². The first kappa shape index (κ1) is 12.2. The number of carbonyl (C=O) groups is 1. The molecule has 17 heavy (non-hydrogen) atoms. The number of hydrogen-bond donors (Lipinski definition) is 0. The van der Waals surface area contributed by atoms with E-state index in [-0.39, 0.29) is 5.97 Å². The Balaban J connectivity index is 2.66. The van der Waals surface area contributed by atoms with E-state index in [0.717, 1.165) is 15.4 Å². The van der Waals surface area contributed by atoms with Crippen LogP contribution in [0.15, 0.2) is 28.9 Å². The van der Waals surface area contributed by atoms with Crippen LogP contribution in [-0.2, 0) is 4.74 Å². The smallest absolute Gasteiger partial charge is 0.337 e. The minimum atomic E-state index is -0.306. The Morgan fingerprint density at radius 3 is 2.71 bits per heavy atom. The molecular weight excluding hydrogens is 282 g/mol.